The fourth-order valence-corrected chi connectivity index (χ4v) is 1.44. The Morgan fingerprint density at radius 1 is 1.46 bits per heavy atom. The first-order valence-corrected chi connectivity index (χ1v) is 4.00. The summed E-state index contributed by atoms with van der Waals surface area (Å²) in [6.45, 7) is 0.465. The molecule has 2 rings (SSSR count). The van der Waals surface area contributed by atoms with Gasteiger partial charge in [-0.1, -0.05) is 0 Å². The minimum Gasteiger partial charge on any atom is -0.326 e. The van der Waals surface area contributed by atoms with Crippen LogP contribution < -0.4 is 16.2 Å². The number of aromatic amines is 2. The molecule has 1 aliphatic heterocycles. The first-order chi connectivity index (χ1) is 6.16. The minimum atomic E-state index is -0.247. The van der Waals surface area contributed by atoms with E-state index in [4.69, 9.17) is 5.73 Å². The molecule has 1 aromatic rings. The zero-order valence-electron chi connectivity index (χ0n) is 6.91. The molecular formula is C7H10N4O2. The average molecular weight is 182 g/mol. The van der Waals surface area contributed by atoms with E-state index in [0.29, 0.717) is 18.8 Å². The van der Waals surface area contributed by atoms with Crippen LogP contribution in [0.25, 0.3) is 0 Å². The molecule has 4 N–H and O–H groups in total. The van der Waals surface area contributed by atoms with Crippen LogP contribution in [-0.2, 0) is 4.79 Å². The second-order valence-electron chi connectivity index (χ2n) is 3.11. The van der Waals surface area contributed by atoms with Crippen LogP contribution in [0.2, 0.25) is 0 Å². The molecule has 0 aliphatic carbocycles. The minimum absolute atomic E-state index is 0.0530. The van der Waals surface area contributed by atoms with Gasteiger partial charge >= 0.3 is 0 Å². The standard InChI is InChI=1S/C7H10N4O2/c8-4-1-7(13)11(3-4)5-2-6(12)10-9-5/h2,4H,1,3,8H2,(H2,9,10,12). The van der Waals surface area contributed by atoms with Gasteiger partial charge in [0.2, 0.25) is 5.91 Å². The molecular weight excluding hydrogens is 172 g/mol. The summed E-state index contributed by atoms with van der Waals surface area (Å²) in [5.41, 5.74) is 5.35. The zero-order valence-corrected chi connectivity index (χ0v) is 6.91. The molecule has 0 bridgehead atoms. The van der Waals surface area contributed by atoms with Crippen LogP contribution in [0.15, 0.2) is 10.9 Å². The number of H-pyrrole nitrogens is 2. The van der Waals surface area contributed by atoms with Gasteiger partial charge in [0, 0.05) is 25.1 Å². The highest BCUT2D eigenvalue weighted by Gasteiger charge is 2.28. The summed E-state index contributed by atoms with van der Waals surface area (Å²) in [5, 5.41) is 4.98. The van der Waals surface area contributed by atoms with Crippen LogP contribution >= 0.6 is 0 Å². The third-order valence-corrected chi connectivity index (χ3v) is 2.03. The number of rotatable bonds is 1. The van der Waals surface area contributed by atoms with Gasteiger partial charge in [0.25, 0.3) is 5.56 Å². The average Bonchev–Trinajstić information content (AvgIpc) is 2.58. The largest absolute Gasteiger partial charge is 0.326 e. The van der Waals surface area contributed by atoms with E-state index in [1.54, 1.807) is 0 Å². The van der Waals surface area contributed by atoms with Crippen LogP contribution in [0.4, 0.5) is 5.82 Å². The van der Waals surface area contributed by atoms with Crippen LogP contribution in [0.3, 0.4) is 0 Å². The molecule has 1 saturated heterocycles. The lowest BCUT2D eigenvalue weighted by Gasteiger charge is -2.11. The van der Waals surface area contributed by atoms with E-state index in [1.165, 1.54) is 11.0 Å². The fourth-order valence-electron chi connectivity index (χ4n) is 1.44. The predicted molar refractivity (Wildman–Crippen MR) is 46.4 cm³/mol. The second kappa shape index (κ2) is 2.74. The summed E-state index contributed by atoms with van der Waals surface area (Å²) < 4.78 is 0. The lowest BCUT2D eigenvalue weighted by atomic mass is 10.3. The summed E-state index contributed by atoms with van der Waals surface area (Å²) in [7, 11) is 0. The van der Waals surface area contributed by atoms with Gasteiger partial charge in [-0.3, -0.25) is 24.7 Å². The molecule has 0 aromatic carbocycles. The van der Waals surface area contributed by atoms with Crippen LogP contribution in [0.5, 0.6) is 0 Å². The van der Waals surface area contributed by atoms with Gasteiger partial charge in [-0.05, 0) is 0 Å². The number of carbonyl (C=O) groups is 1. The van der Waals surface area contributed by atoms with Gasteiger partial charge in [0.1, 0.15) is 5.82 Å². The molecule has 1 unspecified atom stereocenters. The van der Waals surface area contributed by atoms with Crippen molar-refractivity contribution in [2.24, 2.45) is 5.73 Å². The van der Waals surface area contributed by atoms with E-state index in [0.717, 1.165) is 0 Å². The Balaban J connectivity index is 2.27. The van der Waals surface area contributed by atoms with Gasteiger partial charge < -0.3 is 5.73 Å². The Morgan fingerprint density at radius 3 is 2.69 bits per heavy atom. The summed E-state index contributed by atoms with van der Waals surface area (Å²) in [5.74, 6) is 0.436. The molecule has 70 valence electrons. The molecule has 2 heterocycles. The molecule has 1 atom stereocenters. The second-order valence-corrected chi connectivity index (χ2v) is 3.11. The highest BCUT2D eigenvalue weighted by atomic mass is 16.2. The van der Waals surface area contributed by atoms with Gasteiger partial charge in [0.15, 0.2) is 0 Å². The number of anilines is 1. The Hall–Kier alpha value is -1.56. The Morgan fingerprint density at radius 2 is 2.23 bits per heavy atom. The summed E-state index contributed by atoms with van der Waals surface area (Å²) in [6.07, 6.45) is 0.340. The Kier molecular flexibility index (Phi) is 1.70. The van der Waals surface area contributed by atoms with Crippen molar-refractivity contribution in [2.75, 3.05) is 11.4 Å². The molecule has 6 heteroatoms. The smallest absolute Gasteiger partial charge is 0.266 e. The quantitative estimate of drug-likeness (QED) is 0.507. The summed E-state index contributed by atoms with van der Waals surface area (Å²) in [4.78, 5) is 23.6. The maximum absolute atomic E-state index is 11.3. The van der Waals surface area contributed by atoms with Gasteiger partial charge in [-0.15, -0.1) is 0 Å². The maximum Gasteiger partial charge on any atom is 0.266 e. The van der Waals surface area contributed by atoms with E-state index in [1.807, 2.05) is 0 Å². The van der Waals surface area contributed by atoms with Crippen LogP contribution in [0, 0.1) is 0 Å². The lowest BCUT2D eigenvalue weighted by molar-refractivity contribution is -0.117. The zero-order chi connectivity index (χ0) is 9.42. The van der Waals surface area contributed by atoms with E-state index in [-0.39, 0.29) is 17.5 Å². The molecule has 1 fully saturated rings. The summed E-state index contributed by atoms with van der Waals surface area (Å²) >= 11 is 0. The first-order valence-electron chi connectivity index (χ1n) is 4.00. The number of hydrogen-bond donors (Lipinski definition) is 3. The monoisotopic (exact) mass is 182 g/mol. The molecule has 1 aliphatic rings. The normalized spacial score (nSPS) is 22.7. The van der Waals surface area contributed by atoms with Gasteiger partial charge in [-0.2, -0.15) is 0 Å². The highest BCUT2D eigenvalue weighted by molar-refractivity contribution is 5.95. The van der Waals surface area contributed by atoms with E-state index >= 15 is 0 Å². The van der Waals surface area contributed by atoms with Crippen molar-refractivity contribution in [2.45, 2.75) is 12.5 Å². The van der Waals surface area contributed by atoms with E-state index in [2.05, 4.69) is 10.2 Å². The van der Waals surface area contributed by atoms with Crippen molar-refractivity contribution in [3.63, 3.8) is 0 Å². The molecule has 1 amide bonds. The number of nitrogens with zero attached hydrogens (tertiary/aromatic N) is 1. The number of nitrogens with one attached hydrogen (secondary N) is 2. The van der Waals surface area contributed by atoms with Crippen LogP contribution in [-0.4, -0.2) is 28.7 Å². The molecule has 0 saturated carbocycles. The summed E-state index contributed by atoms with van der Waals surface area (Å²) in [6, 6.07) is 1.21. The molecule has 1 aromatic heterocycles. The molecule has 13 heavy (non-hydrogen) atoms. The van der Waals surface area contributed by atoms with E-state index < -0.39 is 0 Å². The fraction of sp³-hybridized carbons (Fsp3) is 0.429. The van der Waals surface area contributed by atoms with Gasteiger partial charge in [0.05, 0.1) is 0 Å². The predicted octanol–water partition coefficient (Wildman–Crippen LogP) is -1.23. The van der Waals surface area contributed by atoms with Crippen molar-refractivity contribution in [3.05, 3.63) is 16.4 Å². The Bertz CT molecular complexity index is 380. The van der Waals surface area contributed by atoms with Crippen molar-refractivity contribution >= 4 is 11.7 Å². The molecule has 6 nitrogen and oxygen atoms in total. The van der Waals surface area contributed by atoms with Crippen molar-refractivity contribution < 1.29 is 4.79 Å². The van der Waals surface area contributed by atoms with E-state index in [9.17, 15) is 9.59 Å². The molecule has 0 spiro atoms. The number of hydrogen-bond acceptors (Lipinski definition) is 3. The number of nitrogens with two attached hydrogens (primary N) is 1. The van der Waals surface area contributed by atoms with Crippen LogP contribution in [0.1, 0.15) is 6.42 Å². The highest BCUT2D eigenvalue weighted by Crippen LogP contribution is 2.15. The third-order valence-electron chi connectivity index (χ3n) is 2.03. The number of aromatic nitrogens is 2. The molecule has 0 radical (unpaired) electrons. The maximum atomic E-state index is 11.3. The Labute approximate surface area is 73.7 Å². The van der Waals surface area contributed by atoms with Crippen molar-refractivity contribution in [1.29, 1.82) is 0 Å². The first kappa shape index (κ1) is 8.06. The topological polar surface area (TPSA) is 95.0 Å². The van der Waals surface area contributed by atoms with Crippen molar-refractivity contribution in [3.8, 4) is 0 Å². The number of carbonyl (C=O) groups excluding carboxylic acids is 1. The van der Waals surface area contributed by atoms with Crippen molar-refractivity contribution in [1.82, 2.24) is 10.2 Å². The van der Waals surface area contributed by atoms with Gasteiger partial charge in [-0.25, -0.2) is 0 Å². The third kappa shape index (κ3) is 1.35. The number of amides is 1. The SMILES string of the molecule is NC1CC(=O)N(c2cc(=O)[nH][nH]2)C1. The lowest BCUT2D eigenvalue weighted by Crippen LogP contribution is -2.28.